The van der Waals surface area contributed by atoms with Gasteiger partial charge in [0.15, 0.2) is 0 Å². The van der Waals surface area contributed by atoms with Crippen LogP contribution in [0, 0.1) is 13.8 Å². The third-order valence-corrected chi connectivity index (χ3v) is 10.7. The fraction of sp³-hybridized carbons (Fsp3) is 0.0417. The molecule has 2 aromatic heterocycles. The number of aromatic nitrogens is 2. The third kappa shape index (κ3) is 6.92. The van der Waals surface area contributed by atoms with Crippen molar-refractivity contribution in [2.24, 2.45) is 0 Å². The van der Waals surface area contributed by atoms with E-state index in [4.69, 9.17) is 9.97 Å². The van der Waals surface area contributed by atoms with E-state index in [1.165, 1.54) is 33.4 Å². The molecule has 0 amide bonds. The monoisotopic (exact) mass is 796 g/mol. The van der Waals surface area contributed by atoms with E-state index in [1.807, 2.05) is 24.5 Å². The lowest BCUT2D eigenvalue weighted by Gasteiger charge is -2.19. The number of pyridine rings is 2. The normalized spacial score (nSPS) is 11.1. The van der Waals surface area contributed by atoms with E-state index in [9.17, 15) is 0 Å². The first-order valence-corrected chi connectivity index (χ1v) is 18.8. The van der Waals surface area contributed by atoms with E-state index in [2.05, 4.69) is 191 Å². The maximum absolute atomic E-state index is 4.75. The highest BCUT2D eigenvalue weighted by Crippen LogP contribution is 2.45. The van der Waals surface area contributed by atoms with Crippen molar-refractivity contribution >= 4 is 31.9 Å². The van der Waals surface area contributed by atoms with Crippen molar-refractivity contribution < 1.29 is 0 Å². The number of benzene rings is 6. The van der Waals surface area contributed by atoms with Crippen LogP contribution in [0.25, 0.3) is 78.1 Å². The zero-order chi connectivity index (χ0) is 35.6. The molecule has 4 heteroatoms. The Morgan fingerprint density at radius 3 is 1.25 bits per heavy atom. The number of nitrogens with zero attached hydrogens (tertiary/aromatic N) is 2. The molecule has 0 N–H and O–H groups in total. The molecule has 6 aromatic carbocycles. The van der Waals surface area contributed by atoms with Gasteiger partial charge in [-0.15, -0.1) is 0 Å². The van der Waals surface area contributed by atoms with Gasteiger partial charge in [0.25, 0.3) is 0 Å². The Morgan fingerprint density at radius 2 is 0.808 bits per heavy atom. The molecule has 0 aliphatic carbocycles. The smallest absolute Gasteiger partial charge is 0.0708 e. The van der Waals surface area contributed by atoms with Gasteiger partial charge in [-0.05, 0) is 106 Å². The molecular weight excluding hydrogens is 764 g/mol. The van der Waals surface area contributed by atoms with Crippen molar-refractivity contribution in [3.63, 3.8) is 0 Å². The van der Waals surface area contributed by atoms with E-state index in [0.29, 0.717) is 0 Å². The minimum absolute atomic E-state index is 0.935. The maximum Gasteiger partial charge on any atom is 0.0708 e. The summed E-state index contributed by atoms with van der Waals surface area (Å²) >= 11 is 7.98. The summed E-state index contributed by atoms with van der Waals surface area (Å²) in [6.07, 6.45) is 3.78. The van der Waals surface area contributed by atoms with Crippen LogP contribution >= 0.6 is 31.9 Å². The molecule has 0 saturated heterocycles. The molecule has 0 saturated carbocycles. The number of rotatable bonds is 7. The van der Waals surface area contributed by atoms with Gasteiger partial charge in [-0.2, -0.15) is 0 Å². The molecule has 0 radical (unpaired) electrons. The van der Waals surface area contributed by atoms with Crippen LogP contribution in [0.2, 0.25) is 0 Å². The van der Waals surface area contributed by atoms with Crippen LogP contribution in [0.15, 0.2) is 179 Å². The van der Waals surface area contributed by atoms with E-state index < -0.39 is 0 Å². The van der Waals surface area contributed by atoms with Crippen molar-refractivity contribution in [2.75, 3.05) is 0 Å². The van der Waals surface area contributed by atoms with Crippen molar-refractivity contribution in [3.8, 4) is 78.1 Å². The van der Waals surface area contributed by atoms with Crippen molar-refractivity contribution in [1.29, 1.82) is 0 Å². The van der Waals surface area contributed by atoms with Gasteiger partial charge in [0.1, 0.15) is 0 Å². The summed E-state index contributed by atoms with van der Waals surface area (Å²) in [5, 5.41) is 0. The molecule has 0 unspecified atom stereocenters. The van der Waals surface area contributed by atoms with E-state index in [1.54, 1.807) is 0 Å². The summed E-state index contributed by atoms with van der Waals surface area (Å²) in [4.78, 5) is 9.49. The average Bonchev–Trinajstić information content (AvgIpc) is 3.18. The minimum atomic E-state index is 0.935. The summed E-state index contributed by atoms with van der Waals surface area (Å²) in [5.41, 5.74) is 18.0. The second-order valence-electron chi connectivity index (χ2n) is 13.1. The Bertz CT molecular complexity index is 2390. The lowest BCUT2D eigenvalue weighted by molar-refractivity contribution is 1.32. The second kappa shape index (κ2) is 14.7. The molecule has 2 nitrogen and oxygen atoms in total. The summed E-state index contributed by atoms with van der Waals surface area (Å²) < 4.78 is 2.02. The van der Waals surface area contributed by atoms with Crippen LogP contribution in [0.1, 0.15) is 11.1 Å². The quantitative estimate of drug-likeness (QED) is 0.160. The van der Waals surface area contributed by atoms with Crippen LogP contribution in [0.4, 0.5) is 0 Å². The van der Waals surface area contributed by atoms with Crippen molar-refractivity contribution in [1.82, 2.24) is 9.97 Å². The largest absolute Gasteiger partial charge is 0.256 e. The number of hydrogen-bond donors (Lipinski definition) is 0. The topological polar surface area (TPSA) is 25.8 Å². The molecule has 0 atom stereocenters. The van der Waals surface area contributed by atoms with Crippen LogP contribution in [0.3, 0.4) is 0 Å². The van der Waals surface area contributed by atoms with Crippen molar-refractivity contribution in [2.45, 2.75) is 13.8 Å². The predicted molar refractivity (Wildman–Crippen MR) is 225 cm³/mol. The highest BCUT2D eigenvalue weighted by molar-refractivity contribution is 9.11. The summed E-state index contributed by atoms with van der Waals surface area (Å²) in [5.74, 6) is 0. The summed E-state index contributed by atoms with van der Waals surface area (Å²) in [7, 11) is 0. The lowest BCUT2D eigenvalue weighted by atomic mass is 9.86. The number of halogens is 2. The fourth-order valence-corrected chi connectivity index (χ4v) is 8.20. The molecule has 0 aliphatic rings. The predicted octanol–water partition coefficient (Wildman–Crippen LogP) is 14.3. The Kier molecular flexibility index (Phi) is 9.51. The van der Waals surface area contributed by atoms with Gasteiger partial charge in [-0.3, -0.25) is 9.97 Å². The highest BCUT2D eigenvalue weighted by atomic mass is 79.9. The molecule has 0 bridgehead atoms. The standard InChI is InChI=1S/C48H34Br2N2/c1-31-24-32(2)26-39(25-31)48-42(40-18-16-37(27-44(40)49)46-29-35(20-22-51-46)33-10-5-3-6-11-33)14-9-15-43(48)41-19-17-38(28-45(41)50)47-30-36(21-23-52-47)34-12-7-4-8-13-34/h3-30H,1-2H3. The third-order valence-electron chi connectivity index (χ3n) is 9.42. The number of hydrogen-bond acceptors (Lipinski definition) is 2. The molecular formula is C48H34Br2N2. The Labute approximate surface area is 322 Å². The van der Waals surface area contributed by atoms with Gasteiger partial charge in [0.05, 0.1) is 11.4 Å². The van der Waals surface area contributed by atoms with Crippen LogP contribution in [0.5, 0.6) is 0 Å². The molecule has 52 heavy (non-hydrogen) atoms. The summed E-state index contributed by atoms with van der Waals surface area (Å²) in [6.45, 7) is 4.34. The zero-order valence-corrected chi connectivity index (χ0v) is 32.0. The summed E-state index contributed by atoms with van der Waals surface area (Å²) in [6, 6.07) is 55.9. The zero-order valence-electron chi connectivity index (χ0n) is 28.8. The van der Waals surface area contributed by atoms with Gasteiger partial charge in [-0.1, -0.05) is 164 Å². The van der Waals surface area contributed by atoms with Gasteiger partial charge >= 0.3 is 0 Å². The molecule has 0 aliphatic heterocycles. The molecule has 0 spiro atoms. The van der Waals surface area contributed by atoms with Crippen molar-refractivity contribution in [3.05, 3.63) is 190 Å². The van der Waals surface area contributed by atoms with Crippen LogP contribution in [-0.4, -0.2) is 9.97 Å². The van der Waals surface area contributed by atoms with Gasteiger partial charge in [0, 0.05) is 32.5 Å². The van der Waals surface area contributed by atoms with Gasteiger partial charge in [-0.25, -0.2) is 0 Å². The van der Waals surface area contributed by atoms with E-state index in [0.717, 1.165) is 64.8 Å². The second-order valence-corrected chi connectivity index (χ2v) is 14.8. The van der Waals surface area contributed by atoms with E-state index >= 15 is 0 Å². The van der Waals surface area contributed by atoms with Gasteiger partial charge < -0.3 is 0 Å². The molecule has 8 aromatic rings. The minimum Gasteiger partial charge on any atom is -0.256 e. The first-order chi connectivity index (χ1) is 25.4. The van der Waals surface area contributed by atoms with E-state index in [-0.39, 0.29) is 0 Å². The van der Waals surface area contributed by atoms with Crippen LogP contribution < -0.4 is 0 Å². The first-order valence-electron chi connectivity index (χ1n) is 17.3. The maximum atomic E-state index is 4.75. The Morgan fingerprint density at radius 1 is 0.346 bits per heavy atom. The number of aryl methyl sites for hydroxylation is 2. The Balaban J connectivity index is 1.22. The van der Waals surface area contributed by atoms with Crippen LogP contribution in [-0.2, 0) is 0 Å². The molecule has 0 fully saturated rings. The molecule has 8 rings (SSSR count). The average molecular weight is 799 g/mol. The highest BCUT2D eigenvalue weighted by Gasteiger charge is 2.19. The fourth-order valence-electron chi connectivity index (χ4n) is 7.01. The SMILES string of the molecule is Cc1cc(C)cc(-c2c(-c3ccc(-c4cc(-c5ccccc5)ccn4)cc3Br)cccc2-c2ccc(-c3cc(-c4ccccc4)ccn3)cc2Br)c1. The molecule has 250 valence electrons. The first kappa shape index (κ1) is 33.7. The molecule has 2 heterocycles. The lowest BCUT2D eigenvalue weighted by Crippen LogP contribution is -1.94. The van der Waals surface area contributed by atoms with Gasteiger partial charge in [0.2, 0.25) is 0 Å². The Hall–Kier alpha value is -5.42.